The molecule has 2 heterocycles. The van der Waals surface area contributed by atoms with Gasteiger partial charge < -0.3 is 9.15 Å². The molecule has 0 unspecified atom stereocenters. The van der Waals surface area contributed by atoms with E-state index < -0.39 is 4.92 Å². The Bertz CT molecular complexity index is 951. The van der Waals surface area contributed by atoms with Crippen molar-refractivity contribution in [1.82, 2.24) is 4.90 Å². The van der Waals surface area contributed by atoms with E-state index in [2.05, 4.69) is 0 Å². The molecule has 27 heavy (non-hydrogen) atoms. The van der Waals surface area contributed by atoms with Crippen LogP contribution < -0.4 is 4.74 Å². The summed E-state index contributed by atoms with van der Waals surface area (Å²) in [4.78, 5) is 24.9. The van der Waals surface area contributed by atoms with Crippen LogP contribution in [0.15, 0.2) is 39.7 Å². The fourth-order valence-corrected chi connectivity index (χ4v) is 3.91. The van der Waals surface area contributed by atoms with E-state index in [0.29, 0.717) is 38.6 Å². The van der Waals surface area contributed by atoms with E-state index in [9.17, 15) is 14.9 Å². The number of nitro groups is 1. The van der Waals surface area contributed by atoms with Crippen LogP contribution in [0.25, 0.3) is 17.4 Å². The number of carbonyl (C=O) groups is 1. The Morgan fingerprint density at radius 1 is 1.37 bits per heavy atom. The Kier molecular flexibility index (Phi) is 5.62. The maximum atomic E-state index is 12.4. The predicted octanol–water partition coefficient (Wildman–Crippen LogP) is 4.47. The van der Waals surface area contributed by atoms with Crippen molar-refractivity contribution in [2.45, 2.75) is 13.3 Å². The third-order valence-electron chi connectivity index (χ3n) is 3.88. The van der Waals surface area contributed by atoms with Crippen molar-refractivity contribution in [3.05, 3.63) is 51.1 Å². The molecule has 7 nitrogen and oxygen atoms in total. The molecule has 0 atom stereocenters. The van der Waals surface area contributed by atoms with Crippen molar-refractivity contribution >= 4 is 46.0 Å². The van der Waals surface area contributed by atoms with Crippen molar-refractivity contribution in [1.29, 1.82) is 0 Å². The van der Waals surface area contributed by atoms with Crippen LogP contribution in [0.3, 0.4) is 0 Å². The quantitative estimate of drug-likeness (QED) is 0.304. The number of furan rings is 1. The molecule has 1 aliphatic rings. The van der Waals surface area contributed by atoms with E-state index in [1.165, 1.54) is 31.0 Å². The third kappa shape index (κ3) is 3.88. The number of nitrogens with zero attached hydrogens (tertiary/aromatic N) is 2. The lowest BCUT2D eigenvalue weighted by Gasteiger charge is -2.11. The van der Waals surface area contributed by atoms with Crippen molar-refractivity contribution in [2.75, 3.05) is 13.7 Å². The first kappa shape index (κ1) is 19.1. The van der Waals surface area contributed by atoms with Crippen LogP contribution in [0, 0.1) is 10.1 Å². The second-order valence-corrected chi connectivity index (χ2v) is 7.35. The van der Waals surface area contributed by atoms with Gasteiger partial charge in [0.1, 0.15) is 21.6 Å². The summed E-state index contributed by atoms with van der Waals surface area (Å²) in [6, 6.07) is 7.74. The number of benzene rings is 1. The second kappa shape index (κ2) is 7.93. The Labute approximate surface area is 165 Å². The van der Waals surface area contributed by atoms with E-state index in [4.69, 9.17) is 21.4 Å². The van der Waals surface area contributed by atoms with Crippen LogP contribution in [-0.4, -0.2) is 33.7 Å². The van der Waals surface area contributed by atoms with Gasteiger partial charge in [-0.3, -0.25) is 19.8 Å². The average Bonchev–Trinajstić information content (AvgIpc) is 3.21. The zero-order valence-electron chi connectivity index (χ0n) is 14.6. The minimum absolute atomic E-state index is 0.0676. The van der Waals surface area contributed by atoms with Gasteiger partial charge >= 0.3 is 0 Å². The van der Waals surface area contributed by atoms with E-state index in [1.54, 1.807) is 29.2 Å². The molecule has 0 saturated carbocycles. The molecule has 0 N–H and O–H groups in total. The number of non-ortho nitro benzene ring substituents is 1. The molecule has 0 aliphatic carbocycles. The largest absolute Gasteiger partial charge is 0.496 e. The SMILES string of the molecule is CCCN1C(=O)/C(=C\c2ccc(-c3ccc([N+](=O)[O-])cc3OC)o2)SC1=S. The van der Waals surface area contributed by atoms with Crippen molar-refractivity contribution < 1.29 is 18.9 Å². The highest BCUT2D eigenvalue weighted by molar-refractivity contribution is 8.26. The van der Waals surface area contributed by atoms with E-state index >= 15 is 0 Å². The molecule has 0 radical (unpaired) electrons. The van der Waals surface area contributed by atoms with Gasteiger partial charge in [-0.05, 0) is 24.6 Å². The zero-order valence-corrected chi connectivity index (χ0v) is 16.3. The smallest absolute Gasteiger partial charge is 0.273 e. The van der Waals surface area contributed by atoms with Crippen molar-refractivity contribution in [2.24, 2.45) is 0 Å². The summed E-state index contributed by atoms with van der Waals surface area (Å²) in [6.07, 6.45) is 2.47. The van der Waals surface area contributed by atoms with Crippen LogP contribution in [0.1, 0.15) is 19.1 Å². The first-order valence-corrected chi connectivity index (χ1v) is 9.35. The monoisotopic (exact) mass is 404 g/mol. The van der Waals surface area contributed by atoms with E-state index in [1.807, 2.05) is 6.92 Å². The summed E-state index contributed by atoms with van der Waals surface area (Å²) >= 11 is 6.49. The van der Waals surface area contributed by atoms with Gasteiger partial charge in [0.15, 0.2) is 0 Å². The Morgan fingerprint density at radius 3 is 2.81 bits per heavy atom. The minimum Gasteiger partial charge on any atom is -0.496 e. The van der Waals surface area contributed by atoms with E-state index in [0.717, 1.165) is 6.42 Å². The van der Waals surface area contributed by atoms with Crippen LogP contribution in [0.5, 0.6) is 5.75 Å². The number of rotatable bonds is 6. The van der Waals surface area contributed by atoms with Gasteiger partial charge in [-0.25, -0.2) is 0 Å². The number of thioether (sulfide) groups is 1. The molecule has 0 spiro atoms. The molecule has 1 saturated heterocycles. The van der Waals surface area contributed by atoms with Crippen LogP contribution >= 0.6 is 24.0 Å². The molecule has 2 aromatic rings. The summed E-state index contributed by atoms with van der Waals surface area (Å²) in [5, 5.41) is 10.9. The fourth-order valence-electron chi connectivity index (χ4n) is 2.62. The number of carbonyl (C=O) groups excluding carboxylic acids is 1. The molecule has 9 heteroatoms. The van der Waals surface area contributed by atoms with Crippen molar-refractivity contribution in [3.8, 4) is 17.1 Å². The first-order chi connectivity index (χ1) is 12.9. The highest BCUT2D eigenvalue weighted by Crippen LogP contribution is 2.36. The summed E-state index contributed by atoms with van der Waals surface area (Å²) in [7, 11) is 1.44. The summed E-state index contributed by atoms with van der Waals surface area (Å²) in [5.74, 6) is 1.18. The Hall–Kier alpha value is -2.65. The first-order valence-electron chi connectivity index (χ1n) is 8.12. The number of hydrogen-bond donors (Lipinski definition) is 0. The second-order valence-electron chi connectivity index (χ2n) is 5.68. The molecule has 3 rings (SSSR count). The number of hydrogen-bond acceptors (Lipinski definition) is 7. The van der Waals surface area contributed by atoms with E-state index in [-0.39, 0.29) is 11.6 Å². The third-order valence-corrected chi connectivity index (χ3v) is 5.26. The zero-order chi connectivity index (χ0) is 19.6. The Morgan fingerprint density at radius 2 is 2.15 bits per heavy atom. The summed E-state index contributed by atoms with van der Waals surface area (Å²) < 4.78 is 11.6. The van der Waals surface area contributed by atoms with Crippen LogP contribution in [-0.2, 0) is 4.79 Å². The molecular weight excluding hydrogens is 388 g/mol. The molecule has 140 valence electrons. The van der Waals surface area contributed by atoms with Gasteiger partial charge in [0.2, 0.25) is 0 Å². The lowest BCUT2D eigenvalue weighted by Crippen LogP contribution is -2.28. The number of amides is 1. The number of ether oxygens (including phenoxy) is 1. The lowest BCUT2D eigenvalue weighted by atomic mass is 10.1. The van der Waals surface area contributed by atoms with Gasteiger partial charge in [-0.15, -0.1) is 0 Å². The molecule has 1 aromatic carbocycles. The Balaban J connectivity index is 1.89. The van der Waals surface area contributed by atoms with Gasteiger partial charge in [-0.2, -0.15) is 0 Å². The van der Waals surface area contributed by atoms with Gasteiger partial charge in [0.25, 0.3) is 11.6 Å². The highest BCUT2D eigenvalue weighted by Gasteiger charge is 2.31. The standard InChI is InChI=1S/C18H16N2O5S2/c1-3-8-19-17(21)16(27-18(19)26)10-12-5-7-14(25-12)13-6-4-11(20(22)23)9-15(13)24-2/h4-7,9-10H,3,8H2,1-2H3/b16-10+. The maximum absolute atomic E-state index is 12.4. The van der Waals surface area contributed by atoms with Gasteiger partial charge in [0.05, 0.1) is 28.6 Å². The number of methoxy groups -OCH3 is 1. The summed E-state index contributed by atoms with van der Waals surface area (Å²) in [5.41, 5.74) is 0.517. The number of nitro benzene ring substituents is 1. The normalized spacial score (nSPS) is 15.6. The topological polar surface area (TPSA) is 85.8 Å². The molecule has 0 bridgehead atoms. The predicted molar refractivity (Wildman–Crippen MR) is 108 cm³/mol. The van der Waals surface area contributed by atoms with Gasteiger partial charge in [0, 0.05) is 18.7 Å². The van der Waals surface area contributed by atoms with Crippen LogP contribution in [0.4, 0.5) is 5.69 Å². The molecule has 1 fully saturated rings. The van der Waals surface area contributed by atoms with Crippen LogP contribution in [0.2, 0.25) is 0 Å². The molecule has 1 amide bonds. The van der Waals surface area contributed by atoms with Crippen molar-refractivity contribution in [3.63, 3.8) is 0 Å². The lowest BCUT2D eigenvalue weighted by molar-refractivity contribution is -0.384. The maximum Gasteiger partial charge on any atom is 0.273 e. The summed E-state index contributed by atoms with van der Waals surface area (Å²) in [6.45, 7) is 2.57. The van der Waals surface area contributed by atoms with Gasteiger partial charge in [-0.1, -0.05) is 30.9 Å². The molecular formula is C18H16N2O5S2. The molecule has 1 aliphatic heterocycles. The minimum atomic E-state index is -0.488. The number of thiocarbonyl (C=S) groups is 1. The average molecular weight is 404 g/mol. The molecule has 1 aromatic heterocycles. The highest BCUT2D eigenvalue weighted by atomic mass is 32.2. The fraction of sp³-hybridized carbons (Fsp3) is 0.222.